The van der Waals surface area contributed by atoms with Crippen molar-refractivity contribution in [2.75, 3.05) is 7.05 Å². The van der Waals surface area contributed by atoms with Gasteiger partial charge in [0.15, 0.2) is 0 Å². The largest absolute Gasteiger partial charge is 0.357 e. The first-order valence-electron chi connectivity index (χ1n) is 5.43. The number of hydrogen-bond donors (Lipinski definition) is 2. The lowest BCUT2D eigenvalue weighted by atomic mass is 9.86. The van der Waals surface area contributed by atoms with Crippen LogP contribution in [0.1, 0.15) is 27.2 Å². The Morgan fingerprint density at radius 3 is 2.19 bits per heavy atom. The summed E-state index contributed by atoms with van der Waals surface area (Å²) < 4.78 is 12.7. The molecule has 1 aliphatic carbocycles. The molecule has 1 aliphatic rings. The van der Waals surface area contributed by atoms with Gasteiger partial charge in [-0.3, -0.25) is 9.59 Å². The molecule has 0 aromatic heterocycles. The molecule has 2 N–H and O–H groups in total. The molecule has 2 amide bonds. The highest BCUT2D eigenvalue weighted by Crippen LogP contribution is 2.34. The first kappa shape index (κ1) is 12.9. The molecule has 3 atom stereocenters. The number of halogens is 1. The van der Waals surface area contributed by atoms with Gasteiger partial charge in [-0.2, -0.15) is 0 Å². The number of amides is 2. The van der Waals surface area contributed by atoms with Gasteiger partial charge in [0.2, 0.25) is 11.8 Å². The van der Waals surface area contributed by atoms with Crippen molar-refractivity contribution < 1.29 is 14.0 Å². The SMILES string of the molecule is CNC(=O)C(NC(=O)C1CC1F)C(C)(C)C. The van der Waals surface area contributed by atoms with E-state index in [1.165, 1.54) is 7.05 Å². The van der Waals surface area contributed by atoms with E-state index in [9.17, 15) is 14.0 Å². The van der Waals surface area contributed by atoms with Crippen molar-refractivity contribution in [1.29, 1.82) is 0 Å². The lowest BCUT2D eigenvalue weighted by molar-refractivity contribution is -0.132. The Kier molecular flexibility index (Phi) is 3.55. The van der Waals surface area contributed by atoms with Crippen LogP contribution in [0.15, 0.2) is 0 Å². The Morgan fingerprint density at radius 1 is 1.38 bits per heavy atom. The second kappa shape index (κ2) is 4.39. The van der Waals surface area contributed by atoms with Crippen molar-refractivity contribution >= 4 is 11.8 Å². The molecule has 1 saturated carbocycles. The molecule has 1 rings (SSSR count). The molecular weight excluding hydrogens is 211 g/mol. The van der Waals surface area contributed by atoms with E-state index in [0.29, 0.717) is 0 Å². The second-order valence-corrected chi connectivity index (χ2v) is 5.28. The summed E-state index contributed by atoms with van der Waals surface area (Å²) in [4.78, 5) is 23.2. The minimum Gasteiger partial charge on any atom is -0.357 e. The zero-order valence-electron chi connectivity index (χ0n) is 10.1. The van der Waals surface area contributed by atoms with Crippen molar-refractivity contribution in [3.63, 3.8) is 0 Å². The van der Waals surface area contributed by atoms with E-state index in [0.717, 1.165) is 0 Å². The van der Waals surface area contributed by atoms with Gasteiger partial charge in [-0.25, -0.2) is 4.39 Å². The quantitative estimate of drug-likeness (QED) is 0.746. The van der Waals surface area contributed by atoms with Gasteiger partial charge in [-0.15, -0.1) is 0 Å². The first-order valence-corrected chi connectivity index (χ1v) is 5.43. The molecule has 1 fully saturated rings. The maximum Gasteiger partial charge on any atom is 0.242 e. The van der Waals surface area contributed by atoms with E-state index in [2.05, 4.69) is 10.6 Å². The summed E-state index contributed by atoms with van der Waals surface area (Å²) in [6, 6.07) is -0.627. The molecule has 0 aliphatic heterocycles. The lowest BCUT2D eigenvalue weighted by Crippen LogP contribution is -2.53. The van der Waals surface area contributed by atoms with Crippen LogP contribution < -0.4 is 10.6 Å². The van der Waals surface area contributed by atoms with Crippen LogP contribution in [-0.2, 0) is 9.59 Å². The predicted octanol–water partition coefficient (Wildman–Crippen LogP) is 0.621. The average Bonchev–Trinajstić information content (AvgIpc) is 2.88. The average molecular weight is 230 g/mol. The molecule has 0 saturated heterocycles. The Labute approximate surface area is 95.0 Å². The minimum absolute atomic E-state index is 0.253. The summed E-state index contributed by atoms with van der Waals surface area (Å²) in [7, 11) is 1.52. The number of alkyl halides is 1. The molecule has 4 nitrogen and oxygen atoms in total. The van der Waals surface area contributed by atoms with Gasteiger partial charge in [-0.05, 0) is 11.8 Å². The van der Waals surface area contributed by atoms with Crippen LogP contribution in [0, 0.1) is 11.3 Å². The van der Waals surface area contributed by atoms with Crippen molar-refractivity contribution in [3.05, 3.63) is 0 Å². The summed E-state index contributed by atoms with van der Waals surface area (Å²) >= 11 is 0. The van der Waals surface area contributed by atoms with E-state index in [4.69, 9.17) is 0 Å². The number of nitrogens with one attached hydrogen (secondary N) is 2. The molecule has 3 unspecified atom stereocenters. The van der Waals surface area contributed by atoms with E-state index in [1.807, 2.05) is 20.8 Å². The highest BCUT2D eigenvalue weighted by molar-refractivity contribution is 5.90. The molecule has 0 aromatic rings. The van der Waals surface area contributed by atoms with Gasteiger partial charge < -0.3 is 10.6 Å². The third-order valence-electron chi connectivity index (χ3n) is 2.71. The van der Waals surface area contributed by atoms with Crippen molar-refractivity contribution in [2.45, 2.75) is 39.4 Å². The summed E-state index contributed by atoms with van der Waals surface area (Å²) in [5.41, 5.74) is -0.392. The molecule has 92 valence electrons. The maximum absolute atomic E-state index is 12.7. The molecular formula is C11H19FN2O2. The van der Waals surface area contributed by atoms with Gasteiger partial charge in [0.1, 0.15) is 12.2 Å². The van der Waals surface area contributed by atoms with E-state index < -0.39 is 23.5 Å². The Balaban J connectivity index is 2.64. The monoisotopic (exact) mass is 230 g/mol. The predicted molar refractivity (Wildman–Crippen MR) is 58.5 cm³/mol. The van der Waals surface area contributed by atoms with E-state index in [1.54, 1.807) is 0 Å². The van der Waals surface area contributed by atoms with Gasteiger partial charge >= 0.3 is 0 Å². The molecule has 5 heteroatoms. The van der Waals surface area contributed by atoms with Crippen molar-refractivity contribution in [1.82, 2.24) is 10.6 Å². The summed E-state index contributed by atoms with van der Waals surface area (Å²) in [5, 5.41) is 5.11. The number of carbonyl (C=O) groups excluding carboxylic acids is 2. The fraction of sp³-hybridized carbons (Fsp3) is 0.818. The third kappa shape index (κ3) is 2.93. The first-order chi connectivity index (χ1) is 7.27. The maximum atomic E-state index is 12.7. The molecule has 0 aromatic carbocycles. The van der Waals surface area contributed by atoms with Crippen LogP contribution in [0.4, 0.5) is 4.39 Å². The summed E-state index contributed by atoms with van der Waals surface area (Å²) in [6.07, 6.45) is -0.763. The van der Waals surface area contributed by atoms with E-state index >= 15 is 0 Å². The van der Waals surface area contributed by atoms with Crippen molar-refractivity contribution in [2.24, 2.45) is 11.3 Å². The lowest BCUT2D eigenvalue weighted by Gasteiger charge is -2.29. The zero-order chi connectivity index (χ0) is 12.5. The van der Waals surface area contributed by atoms with Gasteiger partial charge in [0.05, 0.1) is 5.92 Å². The van der Waals surface area contributed by atoms with Crippen LogP contribution in [-0.4, -0.2) is 31.1 Å². The van der Waals surface area contributed by atoms with Crippen LogP contribution in [0.2, 0.25) is 0 Å². The van der Waals surface area contributed by atoms with Gasteiger partial charge in [0, 0.05) is 7.05 Å². The molecule has 0 heterocycles. The van der Waals surface area contributed by atoms with Gasteiger partial charge in [-0.1, -0.05) is 20.8 Å². The fourth-order valence-corrected chi connectivity index (χ4v) is 1.50. The molecule has 0 bridgehead atoms. The second-order valence-electron chi connectivity index (χ2n) is 5.28. The smallest absolute Gasteiger partial charge is 0.242 e. The van der Waals surface area contributed by atoms with E-state index in [-0.39, 0.29) is 18.2 Å². The summed E-state index contributed by atoms with van der Waals surface area (Å²) in [6.45, 7) is 5.56. The topological polar surface area (TPSA) is 58.2 Å². The van der Waals surface area contributed by atoms with Crippen molar-refractivity contribution in [3.8, 4) is 0 Å². The Morgan fingerprint density at radius 2 is 1.88 bits per heavy atom. The highest BCUT2D eigenvalue weighted by Gasteiger charge is 2.45. The molecule has 16 heavy (non-hydrogen) atoms. The molecule has 0 spiro atoms. The number of rotatable bonds is 3. The Hall–Kier alpha value is -1.13. The highest BCUT2D eigenvalue weighted by atomic mass is 19.1. The number of likely N-dealkylation sites (N-methyl/N-ethyl adjacent to an activating group) is 1. The standard InChI is InChI=1S/C11H19FN2O2/c1-11(2,3)8(10(16)13-4)14-9(15)6-5-7(6)12/h6-8H,5H2,1-4H3,(H,13,16)(H,14,15). The zero-order valence-corrected chi connectivity index (χ0v) is 10.1. The van der Waals surface area contributed by atoms with Crippen LogP contribution in [0.25, 0.3) is 0 Å². The van der Waals surface area contributed by atoms with Crippen LogP contribution >= 0.6 is 0 Å². The minimum atomic E-state index is -1.04. The Bertz CT molecular complexity index is 299. The number of carbonyl (C=O) groups is 2. The fourth-order valence-electron chi connectivity index (χ4n) is 1.50. The van der Waals surface area contributed by atoms with Crippen LogP contribution in [0.5, 0.6) is 0 Å². The summed E-state index contributed by atoms with van der Waals surface area (Å²) in [5.74, 6) is -1.18. The molecule has 0 radical (unpaired) electrons. The van der Waals surface area contributed by atoms with Crippen LogP contribution in [0.3, 0.4) is 0 Å². The normalized spacial score (nSPS) is 25.8. The number of hydrogen-bond acceptors (Lipinski definition) is 2. The van der Waals surface area contributed by atoms with Gasteiger partial charge in [0.25, 0.3) is 0 Å². The third-order valence-corrected chi connectivity index (χ3v) is 2.71.